The number of esters is 1. The second-order valence-electron chi connectivity index (χ2n) is 7.85. The summed E-state index contributed by atoms with van der Waals surface area (Å²) in [6.07, 6.45) is 10.5. The second-order valence-corrected chi connectivity index (χ2v) is 8.40. The zero-order chi connectivity index (χ0) is 19.6. The van der Waals surface area contributed by atoms with Gasteiger partial charge in [0.25, 0.3) is 0 Å². The lowest BCUT2D eigenvalue weighted by atomic mass is 9.98. The molecule has 1 atom stereocenters. The van der Waals surface area contributed by atoms with Gasteiger partial charge in [-0.1, -0.05) is 12.8 Å². The normalized spacial score (nSPS) is 21.4. The summed E-state index contributed by atoms with van der Waals surface area (Å²) in [5, 5.41) is 0. The Balaban J connectivity index is 1.37. The molecular formula is C22H32FNO3S. The Morgan fingerprint density at radius 2 is 1.82 bits per heavy atom. The molecule has 1 heterocycles. The van der Waals surface area contributed by atoms with Gasteiger partial charge in [0.1, 0.15) is 5.75 Å². The molecule has 3 rings (SSSR count). The molecule has 28 heavy (non-hydrogen) atoms. The SMILES string of the molecule is O=C(OCCCN1CCCCC1CSF)c1ccc(OC2CCCCC2)cc1. The zero-order valence-electron chi connectivity index (χ0n) is 16.6. The van der Waals surface area contributed by atoms with Crippen molar-refractivity contribution in [1.29, 1.82) is 0 Å². The molecular weight excluding hydrogens is 377 g/mol. The Kier molecular flexibility index (Phi) is 8.93. The van der Waals surface area contributed by atoms with Crippen molar-refractivity contribution in [2.45, 2.75) is 69.9 Å². The summed E-state index contributed by atoms with van der Waals surface area (Å²) in [5.41, 5.74) is 0.556. The summed E-state index contributed by atoms with van der Waals surface area (Å²) < 4.78 is 24.0. The number of carbonyl (C=O) groups is 1. The van der Waals surface area contributed by atoms with Crippen LogP contribution in [0.3, 0.4) is 0 Å². The molecule has 1 aliphatic heterocycles. The van der Waals surface area contributed by atoms with Gasteiger partial charge in [0.15, 0.2) is 0 Å². The first kappa shape index (κ1) is 21.4. The molecule has 1 saturated carbocycles. The summed E-state index contributed by atoms with van der Waals surface area (Å²) in [7, 11) is 0. The number of carbonyl (C=O) groups excluding carboxylic acids is 1. The van der Waals surface area contributed by atoms with Gasteiger partial charge in [0, 0.05) is 30.5 Å². The van der Waals surface area contributed by atoms with Crippen molar-refractivity contribution in [3.63, 3.8) is 0 Å². The van der Waals surface area contributed by atoms with Gasteiger partial charge in [0.2, 0.25) is 0 Å². The van der Waals surface area contributed by atoms with Crippen molar-refractivity contribution < 1.29 is 18.2 Å². The van der Waals surface area contributed by atoms with Crippen molar-refractivity contribution in [3.05, 3.63) is 29.8 Å². The van der Waals surface area contributed by atoms with Crippen LogP contribution in [-0.4, -0.2) is 48.5 Å². The van der Waals surface area contributed by atoms with Crippen LogP contribution in [0.25, 0.3) is 0 Å². The smallest absolute Gasteiger partial charge is 0.338 e. The maximum Gasteiger partial charge on any atom is 0.338 e. The minimum absolute atomic E-state index is 0.293. The Labute approximate surface area is 172 Å². The molecule has 0 aromatic heterocycles. The predicted octanol–water partition coefficient (Wildman–Crippen LogP) is 5.42. The number of halogens is 1. The number of likely N-dealkylation sites (tertiary alicyclic amines) is 1. The van der Waals surface area contributed by atoms with E-state index in [1.807, 2.05) is 12.1 Å². The summed E-state index contributed by atoms with van der Waals surface area (Å²) in [6, 6.07) is 7.59. The van der Waals surface area contributed by atoms with Crippen LogP contribution >= 0.6 is 12.1 Å². The topological polar surface area (TPSA) is 38.8 Å². The summed E-state index contributed by atoms with van der Waals surface area (Å²) in [6.45, 7) is 2.26. The van der Waals surface area contributed by atoms with E-state index in [0.717, 1.165) is 44.5 Å². The fourth-order valence-electron chi connectivity index (χ4n) is 4.18. The highest BCUT2D eigenvalue weighted by atomic mass is 32.2. The molecule has 6 heteroatoms. The van der Waals surface area contributed by atoms with E-state index in [1.54, 1.807) is 12.1 Å². The van der Waals surface area contributed by atoms with Crippen LogP contribution < -0.4 is 4.74 Å². The van der Waals surface area contributed by atoms with Gasteiger partial charge in [-0.15, -0.1) is 0 Å². The minimum Gasteiger partial charge on any atom is -0.490 e. The molecule has 1 unspecified atom stereocenters. The lowest BCUT2D eigenvalue weighted by Crippen LogP contribution is -2.41. The molecule has 1 saturated heterocycles. The Hall–Kier alpha value is -1.27. The van der Waals surface area contributed by atoms with Crippen molar-refractivity contribution in [2.24, 2.45) is 0 Å². The van der Waals surface area contributed by atoms with E-state index in [-0.39, 0.29) is 5.97 Å². The van der Waals surface area contributed by atoms with E-state index in [4.69, 9.17) is 9.47 Å². The molecule has 4 nitrogen and oxygen atoms in total. The predicted molar refractivity (Wildman–Crippen MR) is 112 cm³/mol. The van der Waals surface area contributed by atoms with E-state index < -0.39 is 0 Å². The van der Waals surface area contributed by atoms with E-state index in [1.165, 1.54) is 32.1 Å². The Bertz CT molecular complexity index is 590. The van der Waals surface area contributed by atoms with Crippen LogP contribution in [0.4, 0.5) is 3.89 Å². The first-order valence-corrected chi connectivity index (χ1v) is 11.6. The van der Waals surface area contributed by atoms with Gasteiger partial charge in [0.05, 0.1) is 18.3 Å². The molecule has 0 N–H and O–H groups in total. The summed E-state index contributed by atoms with van der Waals surface area (Å²) >= 11 is 0.428. The van der Waals surface area contributed by atoms with Crippen LogP contribution in [0.1, 0.15) is 68.1 Å². The molecule has 1 aromatic carbocycles. The van der Waals surface area contributed by atoms with Crippen molar-refractivity contribution in [2.75, 3.05) is 25.4 Å². The molecule has 1 aromatic rings. The fourth-order valence-corrected chi connectivity index (χ4v) is 4.70. The number of hydrogen-bond acceptors (Lipinski definition) is 5. The lowest BCUT2D eigenvalue weighted by Gasteiger charge is -2.34. The molecule has 1 aliphatic carbocycles. The standard InChI is InChI=1S/C22H32FNO3S/c23-28-17-19-7-4-5-14-24(19)15-6-16-26-22(25)18-10-12-21(13-11-18)27-20-8-2-1-3-9-20/h10-13,19-20H,1-9,14-17H2. The van der Waals surface area contributed by atoms with Crippen molar-refractivity contribution >= 4 is 18.1 Å². The highest BCUT2D eigenvalue weighted by molar-refractivity contribution is 7.94. The lowest BCUT2D eigenvalue weighted by molar-refractivity contribution is 0.0476. The van der Waals surface area contributed by atoms with Crippen LogP contribution in [0.15, 0.2) is 24.3 Å². The number of rotatable bonds is 9. The van der Waals surface area contributed by atoms with E-state index in [2.05, 4.69) is 4.90 Å². The first-order chi connectivity index (χ1) is 13.8. The minimum atomic E-state index is -0.293. The quantitative estimate of drug-likeness (QED) is 0.402. The van der Waals surface area contributed by atoms with Gasteiger partial charge >= 0.3 is 5.97 Å². The highest BCUT2D eigenvalue weighted by Crippen LogP contribution is 2.24. The second kappa shape index (κ2) is 11.7. The third-order valence-corrected chi connectivity index (χ3v) is 6.28. The molecule has 2 fully saturated rings. The molecule has 0 spiro atoms. The third-order valence-electron chi connectivity index (χ3n) is 5.77. The maximum atomic E-state index is 12.6. The largest absolute Gasteiger partial charge is 0.490 e. The number of benzene rings is 1. The Morgan fingerprint density at radius 3 is 2.57 bits per heavy atom. The number of piperidine rings is 1. The zero-order valence-corrected chi connectivity index (χ0v) is 17.4. The van der Waals surface area contributed by atoms with Crippen molar-refractivity contribution in [1.82, 2.24) is 4.90 Å². The van der Waals surface area contributed by atoms with E-state index >= 15 is 0 Å². The van der Waals surface area contributed by atoms with Gasteiger partial charge in [-0.25, -0.2) is 4.79 Å². The first-order valence-electron chi connectivity index (χ1n) is 10.7. The van der Waals surface area contributed by atoms with Gasteiger partial charge < -0.3 is 9.47 Å². The van der Waals surface area contributed by atoms with Gasteiger partial charge in [-0.2, -0.15) is 3.89 Å². The van der Waals surface area contributed by atoms with Crippen LogP contribution in [-0.2, 0) is 4.74 Å². The molecule has 0 amide bonds. The van der Waals surface area contributed by atoms with Gasteiger partial charge in [-0.05, 0) is 75.8 Å². The number of nitrogens with zero attached hydrogens (tertiary/aromatic N) is 1. The van der Waals surface area contributed by atoms with Crippen molar-refractivity contribution in [3.8, 4) is 5.75 Å². The Morgan fingerprint density at radius 1 is 1.07 bits per heavy atom. The van der Waals surface area contributed by atoms with Crippen LogP contribution in [0, 0.1) is 0 Å². The highest BCUT2D eigenvalue weighted by Gasteiger charge is 2.22. The third kappa shape index (κ3) is 6.66. The molecule has 2 aliphatic rings. The fraction of sp³-hybridized carbons (Fsp3) is 0.682. The van der Waals surface area contributed by atoms with Crippen LogP contribution in [0.5, 0.6) is 5.75 Å². The summed E-state index contributed by atoms with van der Waals surface area (Å²) in [4.78, 5) is 14.6. The molecule has 0 radical (unpaired) electrons. The maximum absolute atomic E-state index is 12.6. The number of hydrogen-bond donors (Lipinski definition) is 0. The van der Waals surface area contributed by atoms with Crippen LogP contribution in [0.2, 0.25) is 0 Å². The monoisotopic (exact) mass is 409 g/mol. The van der Waals surface area contributed by atoms with Gasteiger partial charge in [-0.3, -0.25) is 4.90 Å². The molecule has 0 bridgehead atoms. The average molecular weight is 410 g/mol. The van der Waals surface area contributed by atoms with E-state index in [0.29, 0.717) is 42.2 Å². The number of ether oxygens (including phenoxy) is 2. The molecule has 156 valence electrons. The average Bonchev–Trinajstić information content (AvgIpc) is 2.73. The van der Waals surface area contributed by atoms with E-state index in [9.17, 15) is 8.68 Å². The summed E-state index contributed by atoms with van der Waals surface area (Å²) in [5.74, 6) is 1.07.